The second kappa shape index (κ2) is 29.0. The van der Waals surface area contributed by atoms with Crippen molar-refractivity contribution in [1.29, 1.82) is 0 Å². The summed E-state index contributed by atoms with van der Waals surface area (Å²) >= 11 is 0. The van der Waals surface area contributed by atoms with Gasteiger partial charge in [0.15, 0.2) is 0 Å². The van der Waals surface area contributed by atoms with Crippen molar-refractivity contribution in [2.45, 2.75) is 123 Å². The highest BCUT2D eigenvalue weighted by Gasteiger charge is 2.42. The minimum absolute atomic E-state index is 0.00824. The summed E-state index contributed by atoms with van der Waals surface area (Å²) in [6, 6.07) is -1.92. The first kappa shape index (κ1) is 52.7. The number of likely N-dealkylation sites (tertiary alicyclic amines) is 1. The Morgan fingerprint density at radius 1 is 0.963 bits per heavy atom. The number of carbonyl (C=O) groups excluding carboxylic acids is 5. The molecule has 0 spiro atoms. The first-order chi connectivity index (χ1) is 25.5. The van der Waals surface area contributed by atoms with Gasteiger partial charge < -0.3 is 39.8 Å². The third kappa shape index (κ3) is 17.0. The molecule has 0 bridgehead atoms. The average Bonchev–Trinajstić information content (AvgIpc) is 3.63. The molecule has 1 rings (SSSR count). The van der Waals surface area contributed by atoms with Crippen LogP contribution in [0.25, 0.3) is 0 Å². The van der Waals surface area contributed by atoms with Crippen molar-refractivity contribution >= 4 is 29.9 Å². The maximum Gasteiger partial charge on any atom is 0.242 e. The van der Waals surface area contributed by atoms with Crippen LogP contribution in [0.4, 0.5) is 0 Å². The van der Waals surface area contributed by atoms with Crippen molar-refractivity contribution in [3.05, 3.63) is 37.0 Å². The van der Waals surface area contributed by atoms with E-state index in [4.69, 9.17) is 14.6 Å². The number of carbonyl (C=O) groups is 5. The van der Waals surface area contributed by atoms with Crippen LogP contribution in [-0.2, 0) is 33.4 Å². The topological polar surface area (TPSA) is 158 Å². The number of aldehydes is 1. The first-order valence-electron chi connectivity index (χ1n) is 19.2. The number of likely N-dealkylation sites (N-methyl/N-ethyl adjacent to an activating group) is 2. The molecule has 3 N–H and O–H groups in total. The number of hydrogen-bond donors (Lipinski definition) is 3. The average molecular weight is 766 g/mol. The second-order valence-corrected chi connectivity index (χ2v) is 14.4. The zero-order chi connectivity index (χ0) is 42.1. The number of allylic oxidation sites excluding steroid dienone is 3. The lowest BCUT2D eigenvalue weighted by atomic mass is 9.90. The lowest BCUT2D eigenvalue weighted by Gasteiger charge is -2.39. The van der Waals surface area contributed by atoms with Crippen LogP contribution in [0.3, 0.4) is 0 Å². The Kier molecular flexibility index (Phi) is 28.3. The van der Waals surface area contributed by atoms with Gasteiger partial charge in [-0.2, -0.15) is 0 Å². The molecule has 0 radical (unpaired) electrons. The first-order valence-corrected chi connectivity index (χ1v) is 19.2. The molecular formula is C41H75N5O8. The van der Waals surface area contributed by atoms with E-state index in [0.29, 0.717) is 19.3 Å². The predicted molar refractivity (Wildman–Crippen MR) is 217 cm³/mol. The smallest absolute Gasteiger partial charge is 0.242 e. The van der Waals surface area contributed by atoms with Crippen LogP contribution in [0.15, 0.2) is 37.0 Å². The van der Waals surface area contributed by atoms with Gasteiger partial charge >= 0.3 is 0 Å². The fraction of sp³-hybridized carbons (Fsp3) is 0.732. The number of nitrogens with one attached hydrogen (secondary N) is 2. The van der Waals surface area contributed by atoms with Crippen LogP contribution < -0.4 is 10.6 Å². The molecule has 312 valence electrons. The third-order valence-corrected chi connectivity index (χ3v) is 9.72. The largest absolute Gasteiger partial charge is 0.400 e. The Hall–Kier alpha value is -3.39. The molecule has 0 aliphatic carbocycles. The van der Waals surface area contributed by atoms with E-state index in [0.717, 1.165) is 25.5 Å². The number of ether oxygens (including phenoxy) is 2. The summed E-state index contributed by atoms with van der Waals surface area (Å²) in [6.45, 7) is 21.7. The lowest BCUT2D eigenvalue weighted by molar-refractivity contribution is -0.146. The fourth-order valence-electron chi connectivity index (χ4n) is 6.92. The van der Waals surface area contributed by atoms with Crippen LogP contribution in [0, 0.1) is 17.8 Å². The van der Waals surface area contributed by atoms with Crippen LogP contribution >= 0.6 is 0 Å². The number of hydrogen-bond acceptors (Lipinski definition) is 9. The molecule has 0 aromatic carbocycles. The molecule has 13 heteroatoms. The van der Waals surface area contributed by atoms with E-state index in [2.05, 4.69) is 37.6 Å². The summed E-state index contributed by atoms with van der Waals surface area (Å²) in [7, 11) is 9.41. The zero-order valence-corrected chi connectivity index (χ0v) is 35.7. The van der Waals surface area contributed by atoms with Gasteiger partial charge in [-0.25, -0.2) is 0 Å². The maximum atomic E-state index is 14.0. The summed E-state index contributed by atoms with van der Waals surface area (Å²) in [5.41, 5.74) is 0.764. The molecule has 13 nitrogen and oxygen atoms in total. The summed E-state index contributed by atoms with van der Waals surface area (Å²) in [6.07, 6.45) is 8.09. The van der Waals surface area contributed by atoms with Crippen molar-refractivity contribution < 1.29 is 38.6 Å². The van der Waals surface area contributed by atoms with Gasteiger partial charge in [0.1, 0.15) is 6.29 Å². The normalized spacial score (nSPS) is 18.0. The Morgan fingerprint density at radius 2 is 1.56 bits per heavy atom. The fourth-order valence-corrected chi connectivity index (χ4v) is 6.92. The molecule has 0 saturated carbocycles. The molecule has 8 atom stereocenters. The van der Waals surface area contributed by atoms with Crippen LogP contribution in [0.2, 0.25) is 0 Å². The highest BCUT2D eigenvalue weighted by molar-refractivity contribution is 5.88. The molecule has 1 aliphatic rings. The van der Waals surface area contributed by atoms with Gasteiger partial charge in [-0.3, -0.25) is 24.1 Å². The van der Waals surface area contributed by atoms with Gasteiger partial charge in [0.2, 0.25) is 23.6 Å². The Morgan fingerprint density at radius 3 is 2.00 bits per heavy atom. The summed E-state index contributed by atoms with van der Waals surface area (Å²) in [4.78, 5) is 70.6. The molecule has 0 aromatic heterocycles. The van der Waals surface area contributed by atoms with E-state index in [-0.39, 0.29) is 66.9 Å². The van der Waals surface area contributed by atoms with Crippen molar-refractivity contribution in [1.82, 2.24) is 25.3 Å². The second-order valence-electron chi connectivity index (χ2n) is 14.4. The standard InChI is InChI=1S/C37H63N5O7.C3H8.CH4O/c1-13-17-27(15-3)20-28(23-43)39-36(46)26(7)35(49-12)29-18-16-19-42(29)31(44)21-30(48-11)34(25(6)14-2)41(10)32(45)22-38-37(47)33(24(4)5)40(8)9;1-3-2;1-2/h13,15,17,23-26,28-30,33-35H,1,3,14,16,18-22H2,2,4-12H3,(H,38,47)(H,39,46);3H2,1-2H3;2H,1H3/b27-17+;;/t25-,26+,28-,29-,30+,33?,34-,35+;;/m0../s1. The van der Waals surface area contributed by atoms with E-state index in [1.165, 1.54) is 20.6 Å². The van der Waals surface area contributed by atoms with E-state index in [1.807, 2.05) is 46.7 Å². The quantitative estimate of drug-likeness (QED) is 0.110. The van der Waals surface area contributed by atoms with Crippen molar-refractivity contribution in [3.63, 3.8) is 0 Å². The highest BCUT2D eigenvalue weighted by atomic mass is 16.5. The predicted octanol–water partition coefficient (Wildman–Crippen LogP) is 4.01. The molecular weight excluding hydrogens is 690 g/mol. The molecule has 1 saturated heterocycles. The van der Waals surface area contributed by atoms with Gasteiger partial charge in [-0.1, -0.05) is 92.7 Å². The van der Waals surface area contributed by atoms with Gasteiger partial charge in [-0.05, 0) is 50.8 Å². The summed E-state index contributed by atoms with van der Waals surface area (Å²) in [5, 5.41) is 12.6. The van der Waals surface area contributed by atoms with E-state index >= 15 is 0 Å². The van der Waals surface area contributed by atoms with E-state index in [9.17, 15) is 24.0 Å². The lowest BCUT2D eigenvalue weighted by Crippen LogP contribution is -2.55. The van der Waals surface area contributed by atoms with E-state index < -0.39 is 30.2 Å². The molecule has 1 aliphatic heterocycles. The van der Waals surface area contributed by atoms with Gasteiger partial charge in [0, 0.05) is 34.9 Å². The molecule has 1 unspecified atom stereocenters. The van der Waals surface area contributed by atoms with Crippen LogP contribution in [0.1, 0.15) is 87.0 Å². The SMILES string of the molecule is C=C/C=C(\C=C)C[C@@H](C=O)NC(=O)[C@H](C)[C@@H](OC)[C@@H]1CCCN1C(=O)C[C@@H](OC)[C@H]([C@@H](C)CC)N(C)C(=O)CNC(=O)C(C(C)C)N(C)C.CCC.CO. The molecule has 4 amide bonds. The van der Waals surface area contributed by atoms with Gasteiger partial charge in [0.05, 0.1) is 55.3 Å². The van der Waals surface area contributed by atoms with Gasteiger partial charge in [-0.15, -0.1) is 0 Å². The van der Waals surface area contributed by atoms with Crippen molar-refractivity contribution in [2.75, 3.05) is 55.6 Å². The Labute approximate surface area is 326 Å². The van der Waals surface area contributed by atoms with Crippen LogP contribution in [-0.4, -0.2) is 142 Å². The zero-order valence-electron chi connectivity index (χ0n) is 35.7. The highest BCUT2D eigenvalue weighted by Crippen LogP contribution is 2.29. The van der Waals surface area contributed by atoms with Crippen LogP contribution in [0.5, 0.6) is 0 Å². The number of nitrogens with zero attached hydrogens (tertiary/aromatic N) is 3. The number of aliphatic hydroxyl groups is 1. The number of methoxy groups -OCH3 is 2. The summed E-state index contributed by atoms with van der Waals surface area (Å²) < 4.78 is 11.7. The van der Waals surface area contributed by atoms with Crippen molar-refractivity contribution in [2.24, 2.45) is 17.8 Å². The number of aliphatic hydroxyl groups excluding tert-OH is 1. The van der Waals surface area contributed by atoms with E-state index in [1.54, 1.807) is 42.0 Å². The number of amides is 4. The van der Waals surface area contributed by atoms with Gasteiger partial charge in [0.25, 0.3) is 0 Å². The Bertz CT molecular complexity index is 1170. The number of rotatable bonds is 22. The minimum Gasteiger partial charge on any atom is -0.400 e. The maximum absolute atomic E-state index is 14.0. The minimum atomic E-state index is -0.754. The Balaban J connectivity index is 0. The van der Waals surface area contributed by atoms with Crippen molar-refractivity contribution in [3.8, 4) is 0 Å². The monoisotopic (exact) mass is 766 g/mol. The molecule has 0 aromatic rings. The molecule has 54 heavy (non-hydrogen) atoms. The summed E-state index contributed by atoms with van der Waals surface area (Å²) in [5.74, 6) is -1.61. The molecule has 1 heterocycles. The molecule has 1 fully saturated rings. The third-order valence-electron chi connectivity index (χ3n) is 9.72.